The number of rotatable bonds is 11. The van der Waals surface area contributed by atoms with Gasteiger partial charge in [-0.2, -0.15) is 0 Å². The third kappa shape index (κ3) is 7.17. The molecule has 2 rings (SSSR count). The van der Waals surface area contributed by atoms with Crippen LogP contribution in [0.15, 0.2) is 12.1 Å². The van der Waals surface area contributed by atoms with Gasteiger partial charge in [0.25, 0.3) is 0 Å². The first kappa shape index (κ1) is 21.7. The molecule has 1 aliphatic heterocycles. The Bertz CT molecular complexity index is 693. The van der Waals surface area contributed by atoms with E-state index in [2.05, 4.69) is 21.7 Å². The maximum Gasteiger partial charge on any atom is 0.305 e. The molecule has 2 amide bonds. The van der Waals surface area contributed by atoms with Crippen LogP contribution < -0.4 is 10.6 Å². The smallest absolute Gasteiger partial charge is 0.305 e. The summed E-state index contributed by atoms with van der Waals surface area (Å²) in [5, 5.41) is 14.5. The summed E-state index contributed by atoms with van der Waals surface area (Å²) in [5.41, 5.74) is 2.21. The zero-order chi connectivity index (χ0) is 20.4. The number of carbonyl (C=O) groups excluding carboxylic acids is 2. The standard InChI is InChI=1S/C20H30N4O4/c1-2-13-24(14-17(25)21-12-10-19(27)28)18(26)7-3-6-16-9-8-15-5-4-11-22-20(15)23-16/h8-9H,2-7,10-14H2,1H3,(H,21,25)(H,22,23)(H,27,28). The van der Waals surface area contributed by atoms with Crippen LogP contribution in [0.3, 0.4) is 0 Å². The molecule has 1 aromatic heterocycles. The second-order valence-electron chi connectivity index (χ2n) is 7.00. The van der Waals surface area contributed by atoms with Crippen molar-refractivity contribution < 1.29 is 19.5 Å². The van der Waals surface area contributed by atoms with Crippen molar-refractivity contribution in [2.24, 2.45) is 0 Å². The van der Waals surface area contributed by atoms with E-state index in [1.807, 2.05) is 13.0 Å². The van der Waals surface area contributed by atoms with E-state index in [1.54, 1.807) is 0 Å². The van der Waals surface area contributed by atoms with Gasteiger partial charge in [-0.15, -0.1) is 0 Å². The summed E-state index contributed by atoms with van der Waals surface area (Å²) in [7, 11) is 0. The number of carboxylic acid groups (broad SMARTS) is 1. The van der Waals surface area contributed by atoms with Crippen molar-refractivity contribution in [1.29, 1.82) is 0 Å². The molecule has 0 saturated heterocycles. The number of carbonyl (C=O) groups is 3. The largest absolute Gasteiger partial charge is 0.481 e. The molecule has 0 radical (unpaired) electrons. The van der Waals surface area contributed by atoms with Gasteiger partial charge in [0.2, 0.25) is 11.8 Å². The number of aryl methyl sites for hydroxylation is 2. The summed E-state index contributed by atoms with van der Waals surface area (Å²) in [6, 6.07) is 4.13. The number of pyridine rings is 1. The normalized spacial score (nSPS) is 12.6. The molecule has 0 unspecified atom stereocenters. The SMILES string of the molecule is CCCN(CC(=O)NCCC(=O)O)C(=O)CCCc1ccc2c(n1)NCCC2. The number of amides is 2. The minimum atomic E-state index is -0.965. The van der Waals surface area contributed by atoms with Gasteiger partial charge in [0, 0.05) is 31.7 Å². The van der Waals surface area contributed by atoms with E-state index >= 15 is 0 Å². The van der Waals surface area contributed by atoms with Crippen LogP contribution in [-0.2, 0) is 27.2 Å². The van der Waals surface area contributed by atoms with Gasteiger partial charge in [-0.05, 0) is 43.7 Å². The minimum absolute atomic E-state index is 0.0344. The molecule has 0 bridgehead atoms. The second-order valence-corrected chi connectivity index (χ2v) is 7.00. The Morgan fingerprint density at radius 3 is 2.86 bits per heavy atom. The quantitative estimate of drug-likeness (QED) is 0.529. The molecule has 0 saturated carbocycles. The predicted molar refractivity (Wildman–Crippen MR) is 106 cm³/mol. The zero-order valence-electron chi connectivity index (χ0n) is 16.5. The third-order valence-electron chi connectivity index (χ3n) is 4.62. The molecule has 0 aromatic carbocycles. The maximum atomic E-state index is 12.5. The van der Waals surface area contributed by atoms with Gasteiger partial charge in [-0.3, -0.25) is 14.4 Å². The zero-order valence-corrected chi connectivity index (χ0v) is 16.5. The van der Waals surface area contributed by atoms with E-state index in [0.29, 0.717) is 25.8 Å². The van der Waals surface area contributed by atoms with E-state index < -0.39 is 5.97 Å². The Kier molecular flexibility index (Phi) is 8.71. The lowest BCUT2D eigenvalue weighted by Crippen LogP contribution is -2.41. The van der Waals surface area contributed by atoms with Crippen molar-refractivity contribution in [3.63, 3.8) is 0 Å². The number of aromatic nitrogens is 1. The Morgan fingerprint density at radius 1 is 1.29 bits per heavy atom. The minimum Gasteiger partial charge on any atom is -0.481 e. The number of aliphatic carboxylic acids is 1. The molecule has 28 heavy (non-hydrogen) atoms. The fourth-order valence-corrected chi connectivity index (χ4v) is 3.19. The molecule has 0 atom stereocenters. The van der Waals surface area contributed by atoms with E-state index in [-0.39, 0.29) is 31.3 Å². The molecule has 8 heteroatoms. The molecule has 1 aliphatic rings. The number of anilines is 1. The van der Waals surface area contributed by atoms with Crippen molar-refractivity contribution in [3.8, 4) is 0 Å². The summed E-state index contributed by atoms with van der Waals surface area (Å²) < 4.78 is 0. The van der Waals surface area contributed by atoms with Crippen LogP contribution in [0.2, 0.25) is 0 Å². The first-order valence-corrected chi connectivity index (χ1v) is 9.98. The Morgan fingerprint density at radius 2 is 2.11 bits per heavy atom. The third-order valence-corrected chi connectivity index (χ3v) is 4.62. The number of hydrogen-bond donors (Lipinski definition) is 3. The highest BCUT2D eigenvalue weighted by Gasteiger charge is 2.17. The Hall–Kier alpha value is -2.64. The summed E-state index contributed by atoms with van der Waals surface area (Å²) in [6.07, 6.45) is 4.54. The average molecular weight is 390 g/mol. The molecule has 0 spiro atoms. The Labute approximate surface area is 165 Å². The summed E-state index contributed by atoms with van der Waals surface area (Å²) in [4.78, 5) is 41.1. The lowest BCUT2D eigenvalue weighted by Gasteiger charge is -2.21. The molecular formula is C20H30N4O4. The van der Waals surface area contributed by atoms with E-state index in [1.165, 1.54) is 10.5 Å². The first-order valence-electron chi connectivity index (χ1n) is 9.98. The predicted octanol–water partition coefficient (Wildman–Crippen LogP) is 1.59. The van der Waals surface area contributed by atoms with Crippen molar-refractivity contribution >= 4 is 23.6 Å². The van der Waals surface area contributed by atoms with Crippen LogP contribution in [0.1, 0.15) is 50.3 Å². The van der Waals surface area contributed by atoms with E-state index in [9.17, 15) is 14.4 Å². The number of nitrogens with one attached hydrogen (secondary N) is 2. The summed E-state index contributed by atoms with van der Waals surface area (Å²) in [5.74, 6) is -0.398. The van der Waals surface area contributed by atoms with Crippen molar-refractivity contribution in [2.75, 3.05) is 31.5 Å². The second kappa shape index (κ2) is 11.3. The van der Waals surface area contributed by atoms with E-state index in [4.69, 9.17) is 5.11 Å². The van der Waals surface area contributed by atoms with Crippen LogP contribution in [0.25, 0.3) is 0 Å². The monoisotopic (exact) mass is 390 g/mol. The fraction of sp³-hybridized carbons (Fsp3) is 0.600. The van der Waals surface area contributed by atoms with Gasteiger partial charge in [-0.25, -0.2) is 4.98 Å². The van der Waals surface area contributed by atoms with Crippen LogP contribution in [0.4, 0.5) is 5.82 Å². The number of carboxylic acids is 1. The van der Waals surface area contributed by atoms with Crippen molar-refractivity contribution in [1.82, 2.24) is 15.2 Å². The molecule has 1 aromatic rings. The summed E-state index contributed by atoms with van der Waals surface area (Å²) >= 11 is 0. The molecule has 154 valence electrons. The van der Waals surface area contributed by atoms with Crippen LogP contribution in [0.5, 0.6) is 0 Å². The topological polar surface area (TPSA) is 112 Å². The van der Waals surface area contributed by atoms with Gasteiger partial charge < -0.3 is 20.6 Å². The number of hydrogen-bond acceptors (Lipinski definition) is 5. The van der Waals surface area contributed by atoms with Crippen LogP contribution >= 0.6 is 0 Å². The van der Waals surface area contributed by atoms with Gasteiger partial charge in [0.1, 0.15) is 5.82 Å². The van der Waals surface area contributed by atoms with Gasteiger partial charge >= 0.3 is 5.97 Å². The lowest BCUT2D eigenvalue weighted by molar-refractivity contribution is -0.138. The van der Waals surface area contributed by atoms with Crippen molar-refractivity contribution in [2.45, 2.75) is 51.9 Å². The fourth-order valence-electron chi connectivity index (χ4n) is 3.19. The average Bonchev–Trinajstić information content (AvgIpc) is 2.67. The van der Waals surface area contributed by atoms with Crippen LogP contribution in [0, 0.1) is 0 Å². The van der Waals surface area contributed by atoms with Gasteiger partial charge in [-0.1, -0.05) is 13.0 Å². The summed E-state index contributed by atoms with van der Waals surface area (Å²) in [6.45, 7) is 3.44. The van der Waals surface area contributed by atoms with Gasteiger partial charge in [0.05, 0.1) is 13.0 Å². The number of nitrogens with zero attached hydrogens (tertiary/aromatic N) is 2. The van der Waals surface area contributed by atoms with Gasteiger partial charge in [0.15, 0.2) is 0 Å². The number of fused-ring (bicyclic) bond motifs is 1. The molecule has 8 nitrogen and oxygen atoms in total. The highest BCUT2D eigenvalue weighted by Crippen LogP contribution is 2.20. The molecule has 0 fully saturated rings. The highest BCUT2D eigenvalue weighted by molar-refractivity contribution is 5.85. The lowest BCUT2D eigenvalue weighted by atomic mass is 10.1. The molecule has 0 aliphatic carbocycles. The highest BCUT2D eigenvalue weighted by atomic mass is 16.4. The molecule has 3 N–H and O–H groups in total. The Balaban J connectivity index is 1.78. The molecular weight excluding hydrogens is 360 g/mol. The molecule has 2 heterocycles. The van der Waals surface area contributed by atoms with Crippen LogP contribution in [-0.4, -0.2) is 59.0 Å². The maximum absolute atomic E-state index is 12.5. The van der Waals surface area contributed by atoms with E-state index in [0.717, 1.165) is 37.3 Å². The van der Waals surface area contributed by atoms with Crippen molar-refractivity contribution in [3.05, 3.63) is 23.4 Å². The first-order chi connectivity index (χ1) is 13.5.